The van der Waals surface area contributed by atoms with E-state index in [1.165, 1.54) is 20.1 Å². The molecular weight excluding hydrogens is 450 g/mol. The first-order chi connectivity index (χ1) is 16.6. The van der Waals surface area contributed by atoms with Gasteiger partial charge in [0.25, 0.3) is 11.5 Å². The first-order valence-corrected chi connectivity index (χ1v) is 11.6. The Morgan fingerprint density at radius 2 is 2.03 bits per heavy atom. The van der Waals surface area contributed by atoms with Gasteiger partial charge in [-0.2, -0.15) is 14.7 Å². The lowest BCUT2D eigenvalue weighted by atomic mass is 10.1. The molecule has 2 amide bonds. The number of fused-ring (bicyclic) bond motifs is 1. The minimum Gasteiger partial charge on any atom is -0.492 e. The summed E-state index contributed by atoms with van der Waals surface area (Å²) in [7, 11) is 3.49. The Morgan fingerprint density at radius 3 is 2.63 bits per heavy atom. The third-order valence-electron chi connectivity index (χ3n) is 5.84. The topological polar surface area (TPSA) is 127 Å². The van der Waals surface area contributed by atoms with Crippen LogP contribution in [0.2, 0.25) is 0 Å². The van der Waals surface area contributed by atoms with Gasteiger partial charge >= 0.3 is 0 Å². The van der Waals surface area contributed by atoms with Crippen molar-refractivity contribution in [1.29, 1.82) is 0 Å². The van der Waals surface area contributed by atoms with Gasteiger partial charge in [-0.3, -0.25) is 23.6 Å². The predicted molar refractivity (Wildman–Crippen MR) is 130 cm³/mol. The lowest BCUT2D eigenvalue weighted by Gasteiger charge is -2.15. The summed E-state index contributed by atoms with van der Waals surface area (Å²) < 4.78 is 4.34. The number of nitrogens with one attached hydrogen (secondary N) is 1. The maximum absolute atomic E-state index is 13.4. The van der Waals surface area contributed by atoms with Crippen LogP contribution in [-0.4, -0.2) is 58.9 Å². The Morgan fingerprint density at radius 1 is 1.31 bits per heavy atom. The lowest BCUT2D eigenvalue weighted by molar-refractivity contribution is -0.125. The number of aromatic nitrogens is 5. The molecule has 0 radical (unpaired) electrons. The molecule has 3 heterocycles. The van der Waals surface area contributed by atoms with E-state index in [0.717, 1.165) is 18.5 Å². The zero-order valence-corrected chi connectivity index (χ0v) is 20.6. The molecule has 0 atom stereocenters. The number of carbonyl (C=O) groups is 2. The molecular formula is C24H31N7O4. The minimum atomic E-state index is -0.606. The molecule has 186 valence electrons. The van der Waals surface area contributed by atoms with Gasteiger partial charge in [-0.1, -0.05) is 13.8 Å². The molecule has 4 rings (SSSR count). The lowest BCUT2D eigenvalue weighted by Crippen LogP contribution is -2.36. The number of aryl methyl sites for hydroxylation is 2. The van der Waals surface area contributed by atoms with Crippen LogP contribution in [0.4, 0.5) is 0 Å². The molecule has 0 bridgehead atoms. The van der Waals surface area contributed by atoms with Crippen LogP contribution >= 0.6 is 0 Å². The van der Waals surface area contributed by atoms with Gasteiger partial charge < -0.3 is 15.3 Å². The molecule has 3 aromatic heterocycles. The van der Waals surface area contributed by atoms with Gasteiger partial charge in [0, 0.05) is 44.5 Å². The van der Waals surface area contributed by atoms with Gasteiger partial charge in [0.05, 0.1) is 17.9 Å². The van der Waals surface area contributed by atoms with E-state index in [1.807, 2.05) is 33.2 Å². The second-order valence-corrected chi connectivity index (χ2v) is 9.50. The van der Waals surface area contributed by atoms with Crippen molar-refractivity contribution in [3.05, 3.63) is 51.2 Å². The van der Waals surface area contributed by atoms with Crippen LogP contribution in [0, 0.1) is 12.8 Å². The quantitative estimate of drug-likeness (QED) is 0.469. The van der Waals surface area contributed by atoms with Crippen LogP contribution in [0.3, 0.4) is 0 Å². The Labute approximate surface area is 202 Å². The van der Waals surface area contributed by atoms with E-state index in [4.69, 9.17) is 0 Å². The smallest absolute Gasteiger partial charge is 0.270 e. The number of hydrogen-bond acceptors (Lipinski definition) is 6. The molecule has 0 spiro atoms. The van der Waals surface area contributed by atoms with Crippen molar-refractivity contribution in [1.82, 2.24) is 34.2 Å². The summed E-state index contributed by atoms with van der Waals surface area (Å²) in [5.74, 6) is -1.29. The van der Waals surface area contributed by atoms with E-state index < -0.39 is 17.3 Å². The normalized spacial score (nSPS) is 13.8. The molecule has 1 fully saturated rings. The zero-order chi connectivity index (χ0) is 25.4. The average molecular weight is 482 g/mol. The van der Waals surface area contributed by atoms with E-state index in [2.05, 4.69) is 15.5 Å². The maximum atomic E-state index is 13.4. The van der Waals surface area contributed by atoms with E-state index in [0.29, 0.717) is 30.0 Å². The van der Waals surface area contributed by atoms with Crippen LogP contribution in [0.25, 0.3) is 11.7 Å². The summed E-state index contributed by atoms with van der Waals surface area (Å²) in [6, 6.07) is 1.87. The fourth-order valence-electron chi connectivity index (χ4n) is 3.93. The number of nitrogens with zero attached hydrogens (tertiary/aromatic N) is 6. The number of rotatable bonds is 8. The van der Waals surface area contributed by atoms with Gasteiger partial charge in [-0.25, -0.2) is 0 Å². The molecule has 0 unspecified atom stereocenters. The van der Waals surface area contributed by atoms with Gasteiger partial charge in [0.2, 0.25) is 11.8 Å². The van der Waals surface area contributed by atoms with Gasteiger partial charge in [-0.15, -0.1) is 0 Å². The summed E-state index contributed by atoms with van der Waals surface area (Å²) in [5.41, 5.74) is 1.21. The highest BCUT2D eigenvalue weighted by atomic mass is 16.3. The Bertz CT molecular complexity index is 1370. The standard InChI is InChI=1S/C24H31N7O4/c1-14(2)12-30-22-18(8-9-19(32)28(4)13-17-10-11-29(5)27-17)15(3)26-31(22)24(35)20(23(30)34)21(33)25-16-6-7-16/h8-11,14,16,35H,6-7,12-13H2,1-5H3,(H,25,33). The average Bonchev–Trinajstić information content (AvgIpc) is 3.40. The first kappa shape index (κ1) is 24.2. The summed E-state index contributed by atoms with van der Waals surface area (Å²) in [6.07, 6.45) is 6.52. The Balaban J connectivity index is 1.73. The van der Waals surface area contributed by atoms with Crippen LogP contribution in [0.15, 0.2) is 23.1 Å². The highest BCUT2D eigenvalue weighted by Crippen LogP contribution is 2.25. The number of carbonyl (C=O) groups excluding carboxylic acids is 2. The van der Waals surface area contributed by atoms with Gasteiger partial charge in [0.15, 0.2) is 5.56 Å². The van der Waals surface area contributed by atoms with Crippen LogP contribution in [0.5, 0.6) is 5.88 Å². The molecule has 0 aromatic carbocycles. The minimum absolute atomic E-state index is 0.0301. The summed E-state index contributed by atoms with van der Waals surface area (Å²) in [6.45, 7) is 6.29. The number of hydrogen-bond donors (Lipinski definition) is 2. The molecule has 1 aliphatic rings. The Hall–Kier alpha value is -3.89. The molecule has 0 aliphatic heterocycles. The van der Waals surface area contributed by atoms with Crippen LogP contribution < -0.4 is 10.9 Å². The summed E-state index contributed by atoms with van der Waals surface area (Å²) >= 11 is 0. The van der Waals surface area contributed by atoms with E-state index in [1.54, 1.807) is 24.7 Å². The van der Waals surface area contributed by atoms with E-state index in [9.17, 15) is 19.5 Å². The van der Waals surface area contributed by atoms with Crippen LogP contribution in [-0.2, 0) is 24.9 Å². The molecule has 0 saturated heterocycles. The zero-order valence-electron chi connectivity index (χ0n) is 20.6. The SMILES string of the molecule is Cc1nn2c(O)c(C(=O)NC3CC3)c(=O)n(CC(C)C)c2c1C=CC(=O)N(C)Cc1ccn(C)n1. The molecule has 11 heteroatoms. The largest absolute Gasteiger partial charge is 0.492 e. The second kappa shape index (κ2) is 9.40. The van der Waals surface area contributed by atoms with E-state index in [-0.39, 0.29) is 23.4 Å². The summed E-state index contributed by atoms with van der Waals surface area (Å²) in [5, 5.41) is 22.3. The molecule has 35 heavy (non-hydrogen) atoms. The van der Waals surface area contributed by atoms with Gasteiger partial charge in [-0.05, 0) is 37.8 Å². The third kappa shape index (κ3) is 4.98. The maximum Gasteiger partial charge on any atom is 0.270 e. The van der Waals surface area contributed by atoms with Crippen molar-refractivity contribution in [2.24, 2.45) is 13.0 Å². The third-order valence-corrected chi connectivity index (χ3v) is 5.84. The molecule has 1 aliphatic carbocycles. The molecule has 3 aromatic rings. The van der Waals surface area contributed by atoms with Crippen molar-refractivity contribution in [2.75, 3.05) is 7.05 Å². The highest BCUT2D eigenvalue weighted by molar-refractivity contribution is 5.97. The number of likely N-dealkylation sites (N-methyl/N-ethyl adjacent to an activating group) is 1. The van der Waals surface area contributed by atoms with E-state index >= 15 is 0 Å². The fraction of sp³-hybridized carbons (Fsp3) is 0.458. The number of aromatic hydroxyl groups is 1. The van der Waals surface area contributed by atoms with Crippen molar-refractivity contribution in [2.45, 2.75) is 52.7 Å². The van der Waals surface area contributed by atoms with Crippen LogP contribution in [0.1, 0.15) is 54.0 Å². The number of amides is 2. The van der Waals surface area contributed by atoms with Crippen molar-refractivity contribution < 1.29 is 14.7 Å². The second-order valence-electron chi connectivity index (χ2n) is 9.50. The van der Waals surface area contributed by atoms with Crippen molar-refractivity contribution >= 4 is 23.5 Å². The van der Waals surface area contributed by atoms with Crippen molar-refractivity contribution in [3.63, 3.8) is 0 Å². The fourth-order valence-corrected chi connectivity index (χ4v) is 3.93. The molecule has 1 saturated carbocycles. The Kier molecular flexibility index (Phi) is 6.51. The molecule has 11 nitrogen and oxygen atoms in total. The van der Waals surface area contributed by atoms with Gasteiger partial charge in [0.1, 0.15) is 5.65 Å². The predicted octanol–water partition coefficient (Wildman–Crippen LogP) is 1.46. The summed E-state index contributed by atoms with van der Waals surface area (Å²) in [4.78, 5) is 40.4. The first-order valence-electron chi connectivity index (χ1n) is 11.6. The van der Waals surface area contributed by atoms with Crippen molar-refractivity contribution in [3.8, 4) is 5.88 Å². The highest BCUT2D eigenvalue weighted by Gasteiger charge is 2.30. The monoisotopic (exact) mass is 481 g/mol. The molecule has 2 N–H and O–H groups in total.